The van der Waals surface area contributed by atoms with Gasteiger partial charge in [-0.15, -0.1) is 0 Å². The zero-order chi connectivity index (χ0) is 14.3. The third-order valence-electron chi connectivity index (χ3n) is 2.91. The Bertz CT molecular complexity index is 380. The lowest BCUT2D eigenvalue weighted by Crippen LogP contribution is -2.86. The number of rotatable bonds is 8. The van der Waals surface area contributed by atoms with Crippen molar-refractivity contribution >= 4 is 15.9 Å². The van der Waals surface area contributed by atoms with Crippen molar-refractivity contribution in [3.05, 3.63) is 28.2 Å². The molecule has 0 unspecified atom stereocenters. The Balaban J connectivity index is 2.37. The third kappa shape index (κ3) is 6.41. The highest BCUT2D eigenvalue weighted by molar-refractivity contribution is 9.10. The van der Waals surface area contributed by atoms with Crippen molar-refractivity contribution in [2.75, 3.05) is 19.7 Å². The van der Waals surface area contributed by atoms with Crippen LogP contribution in [0.1, 0.15) is 38.7 Å². The van der Waals surface area contributed by atoms with Crippen LogP contribution in [0, 0.1) is 0 Å². The van der Waals surface area contributed by atoms with Gasteiger partial charge in [-0.3, -0.25) is 0 Å². The van der Waals surface area contributed by atoms with Gasteiger partial charge < -0.3 is 15.2 Å². The summed E-state index contributed by atoms with van der Waals surface area (Å²) in [5, 5.41) is 11.3. The largest absolute Gasteiger partial charge is 0.493 e. The van der Waals surface area contributed by atoms with Crippen LogP contribution in [0.4, 0.5) is 0 Å². The van der Waals surface area contributed by atoms with Crippen LogP contribution in [0.15, 0.2) is 22.7 Å². The van der Waals surface area contributed by atoms with Gasteiger partial charge in [0.05, 0.1) is 19.3 Å². The van der Waals surface area contributed by atoms with Crippen molar-refractivity contribution in [1.82, 2.24) is 0 Å². The second-order valence-electron chi connectivity index (χ2n) is 5.20. The monoisotopic (exact) mass is 330 g/mol. The number of aliphatic hydroxyl groups is 1. The van der Waals surface area contributed by atoms with Crippen LogP contribution < -0.4 is 10.1 Å². The number of nitrogens with two attached hydrogens (primary N) is 1. The normalized spacial score (nSPS) is 12.7. The lowest BCUT2D eigenvalue weighted by atomic mass is 10.0. The summed E-state index contributed by atoms with van der Waals surface area (Å²) in [5.74, 6) is 1.43. The van der Waals surface area contributed by atoms with Gasteiger partial charge in [0, 0.05) is 10.9 Å². The molecule has 108 valence electrons. The van der Waals surface area contributed by atoms with Crippen LogP contribution in [0.5, 0.6) is 5.75 Å². The van der Waals surface area contributed by atoms with Crippen LogP contribution in [0.2, 0.25) is 0 Å². The van der Waals surface area contributed by atoms with E-state index in [9.17, 15) is 0 Å². The molecule has 0 saturated carbocycles. The summed E-state index contributed by atoms with van der Waals surface area (Å²) in [6.45, 7) is 8.62. The van der Waals surface area contributed by atoms with Crippen molar-refractivity contribution in [1.29, 1.82) is 0 Å². The predicted molar refractivity (Wildman–Crippen MR) is 81.7 cm³/mol. The van der Waals surface area contributed by atoms with E-state index in [2.05, 4.69) is 41.2 Å². The molecule has 0 aliphatic rings. The zero-order valence-corrected chi connectivity index (χ0v) is 13.6. The zero-order valence-electron chi connectivity index (χ0n) is 12.0. The fourth-order valence-electron chi connectivity index (χ4n) is 1.87. The lowest BCUT2D eigenvalue weighted by Gasteiger charge is -2.14. The predicted octanol–water partition coefficient (Wildman–Crippen LogP) is 2.29. The van der Waals surface area contributed by atoms with Gasteiger partial charge in [-0.1, -0.05) is 29.8 Å². The topological polar surface area (TPSA) is 46.1 Å². The highest BCUT2D eigenvalue weighted by Crippen LogP contribution is 2.29. The molecule has 0 aliphatic carbocycles. The van der Waals surface area contributed by atoms with Crippen LogP contribution in [0.25, 0.3) is 0 Å². The van der Waals surface area contributed by atoms with Gasteiger partial charge in [-0.05, 0) is 36.6 Å². The smallest absolute Gasteiger partial charge is 0.122 e. The van der Waals surface area contributed by atoms with Gasteiger partial charge in [0.2, 0.25) is 0 Å². The Morgan fingerprint density at radius 2 is 2.05 bits per heavy atom. The van der Waals surface area contributed by atoms with E-state index in [1.165, 1.54) is 5.56 Å². The van der Waals surface area contributed by atoms with Crippen molar-refractivity contribution < 1.29 is 15.2 Å². The van der Waals surface area contributed by atoms with Crippen LogP contribution in [-0.4, -0.2) is 30.9 Å². The number of halogens is 1. The van der Waals surface area contributed by atoms with Gasteiger partial charge in [-0.2, -0.15) is 0 Å². The summed E-state index contributed by atoms with van der Waals surface area (Å²) < 4.78 is 6.95. The Labute approximate surface area is 124 Å². The van der Waals surface area contributed by atoms with Crippen molar-refractivity contribution in [2.24, 2.45) is 0 Å². The van der Waals surface area contributed by atoms with E-state index >= 15 is 0 Å². The SMILES string of the molecule is CC(C)c1cc(Br)ccc1OCCC[NH2+]C[C@H](C)O. The standard InChI is InChI=1S/C15H24BrNO2/c1-11(2)14-9-13(16)5-6-15(14)19-8-4-7-17-10-12(3)18/h5-6,9,11-12,17-18H,4,7-8,10H2,1-3H3/p+1/t12-/m0/s1. The quantitative estimate of drug-likeness (QED) is 0.718. The molecule has 1 rings (SSSR count). The van der Waals surface area contributed by atoms with Crippen molar-refractivity contribution in [2.45, 2.75) is 39.2 Å². The third-order valence-corrected chi connectivity index (χ3v) is 3.41. The molecule has 3 nitrogen and oxygen atoms in total. The lowest BCUT2D eigenvalue weighted by molar-refractivity contribution is -0.660. The first kappa shape index (κ1) is 16.5. The average molecular weight is 331 g/mol. The molecule has 0 heterocycles. The summed E-state index contributed by atoms with van der Waals surface area (Å²) in [5.41, 5.74) is 1.24. The van der Waals surface area contributed by atoms with E-state index in [1.807, 2.05) is 19.1 Å². The summed E-state index contributed by atoms with van der Waals surface area (Å²) in [6, 6.07) is 6.17. The summed E-state index contributed by atoms with van der Waals surface area (Å²) in [6.07, 6.45) is 0.750. The second kappa shape index (κ2) is 8.56. The van der Waals surface area contributed by atoms with Crippen LogP contribution in [-0.2, 0) is 0 Å². The van der Waals surface area contributed by atoms with E-state index in [4.69, 9.17) is 9.84 Å². The maximum Gasteiger partial charge on any atom is 0.122 e. The van der Waals surface area contributed by atoms with Gasteiger partial charge >= 0.3 is 0 Å². The number of quaternary nitrogens is 1. The Morgan fingerprint density at radius 3 is 2.68 bits per heavy atom. The Kier molecular flexibility index (Phi) is 7.42. The maximum atomic E-state index is 9.14. The van der Waals surface area contributed by atoms with E-state index in [1.54, 1.807) is 0 Å². The summed E-state index contributed by atoms with van der Waals surface area (Å²) >= 11 is 3.50. The van der Waals surface area contributed by atoms with E-state index < -0.39 is 0 Å². The van der Waals surface area contributed by atoms with Crippen molar-refractivity contribution in [3.8, 4) is 5.75 Å². The number of hydrogen-bond acceptors (Lipinski definition) is 2. The van der Waals surface area contributed by atoms with Crippen molar-refractivity contribution in [3.63, 3.8) is 0 Å². The first-order chi connectivity index (χ1) is 9.00. The highest BCUT2D eigenvalue weighted by atomic mass is 79.9. The number of ether oxygens (including phenoxy) is 1. The van der Waals surface area contributed by atoms with E-state index in [0.29, 0.717) is 5.92 Å². The summed E-state index contributed by atoms with van der Waals surface area (Å²) in [4.78, 5) is 0. The molecular formula is C15H25BrNO2+. The maximum absolute atomic E-state index is 9.14. The minimum atomic E-state index is -0.236. The molecule has 0 amide bonds. The van der Waals surface area contributed by atoms with Gasteiger partial charge in [0.25, 0.3) is 0 Å². The molecular weight excluding hydrogens is 306 g/mol. The molecule has 0 saturated heterocycles. The molecule has 4 heteroatoms. The second-order valence-corrected chi connectivity index (χ2v) is 6.12. The van der Waals surface area contributed by atoms with Gasteiger partial charge in [-0.25, -0.2) is 0 Å². The van der Waals surface area contributed by atoms with Gasteiger partial charge in [0.1, 0.15) is 12.3 Å². The molecule has 1 atom stereocenters. The molecule has 0 radical (unpaired) electrons. The number of aliphatic hydroxyl groups excluding tert-OH is 1. The molecule has 19 heavy (non-hydrogen) atoms. The van der Waals surface area contributed by atoms with E-state index in [0.717, 1.165) is 36.3 Å². The Morgan fingerprint density at radius 1 is 1.32 bits per heavy atom. The van der Waals surface area contributed by atoms with Crippen LogP contribution >= 0.6 is 15.9 Å². The molecule has 3 N–H and O–H groups in total. The molecule has 0 aliphatic heterocycles. The van der Waals surface area contributed by atoms with Gasteiger partial charge in [0.15, 0.2) is 0 Å². The van der Waals surface area contributed by atoms with Crippen LogP contribution in [0.3, 0.4) is 0 Å². The molecule has 0 aromatic heterocycles. The van der Waals surface area contributed by atoms with E-state index in [-0.39, 0.29) is 6.10 Å². The fraction of sp³-hybridized carbons (Fsp3) is 0.600. The summed E-state index contributed by atoms with van der Waals surface area (Å²) in [7, 11) is 0. The molecule has 1 aromatic carbocycles. The molecule has 1 aromatic rings. The first-order valence-electron chi connectivity index (χ1n) is 6.92. The average Bonchev–Trinajstić information content (AvgIpc) is 2.34. The number of hydrogen-bond donors (Lipinski definition) is 2. The Hall–Kier alpha value is -0.580. The minimum absolute atomic E-state index is 0.236. The highest BCUT2D eigenvalue weighted by Gasteiger charge is 2.08. The fourth-order valence-corrected chi connectivity index (χ4v) is 2.25. The molecule has 0 spiro atoms. The number of benzene rings is 1. The first-order valence-corrected chi connectivity index (χ1v) is 7.72. The molecule has 0 bridgehead atoms. The minimum Gasteiger partial charge on any atom is -0.493 e. The molecule has 0 fully saturated rings.